The van der Waals surface area contributed by atoms with Gasteiger partial charge in [-0.2, -0.15) is 0 Å². The lowest BCUT2D eigenvalue weighted by atomic mass is 10.0. The van der Waals surface area contributed by atoms with E-state index in [-0.39, 0.29) is 17.7 Å². The van der Waals surface area contributed by atoms with Crippen molar-refractivity contribution < 1.29 is 8.78 Å². The van der Waals surface area contributed by atoms with Crippen LogP contribution in [0.1, 0.15) is 30.5 Å². The molecule has 2 aromatic rings. The summed E-state index contributed by atoms with van der Waals surface area (Å²) in [5.74, 6) is -0.503. The summed E-state index contributed by atoms with van der Waals surface area (Å²) in [6.45, 7) is 3.89. The molecular weight excluding hydrogens is 244 g/mol. The van der Waals surface area contributed by atoms with Crippen LogP contribution >= 0.6 is 0 Å². The topological polar surface area (TPSA) is 12.0 Å². The van der Waals surface area contributed by atoms with Crippen molar-refractivity contribution in [3.05, 3.63) is 65.2 Å². The molecule has 0 aliphatic carbocycles. The van der Waals surface area contributed by atoms with Crippen molar-refractivity contribution >= 4 is 5.69 Å². The van der Waals surface area contributed by atoms with Gasteiger partial charge in [0, 0.05) is 5.69 Å². The van der Waals surface area contributed by atoms with Gasteiger partial charge in [0.05, 0.1) is 6.04 Å². The third-order valence-electron chi connectivity index (χ3n) is 3.06. The summed E-state index contributed by atoms with van der Waals surface area (Å²) in [5.41, 5.74) is 2.61. The first-order valence-electron chi connectivity index (χ1n) is 6.37. The molecule has 0 heterocycles. The highest BCUT2D eigenvalue weighted by Gasteiger charge is 2.10. The van der Waals surface area contributed by atoms with Crippen LogP contribution in [0.25, 0.3) is 0 Å². The minimum Gasteiger partial charge on any atom is -0.378 e. The van der Waals surface area contributed by atoms with Crippen LogP contribution in [0.15, 0.2) is 42.5 Å². The molecule has 0 fully saturated rings. The Balaban J connectivity index is 2.21. The van der Waals surface area contributed by atoms with Gasteiger partial charge in [0.2, 0.25) is 0 Å². The lowest BCUT2D eigenvalue weighted by Gasteiger charge is -2.19. The third kappa shape index (κ3) is 3.53. The highest BCUT2D eigenvalue weighted by molar-refractivity contribution is 5.48. The minimum absolute atomic E-state index is 0.0433. The Kier molecular flexibility index (Phi) is 4.15. The Hall–Kier alpha value is -1.90. The summed E-state index contributed by atoms with van der Waals surface area (Å²) in [4.78, 5) is 0. The normalized spacial score (nSPS) is 12.2. The number of hydrogen-bond donors (Lipinski definition) is 1. The second kappa shape index (κ2) is 5.83. The van der Waals surface area contributed by atoms with E-state index in [4.69, 9.17) is 0 Å². The zero-order valence-electron chi connectivity index (χ0n) is 11.1. The smallest absolute Gasteiger partial charge is 0.125 e. The van der Waals surface area contributed by atoms with Gasteiger partial charge < -0.3 is 5.32 Å². The largest absolute Gasteiger partial charge is 0.378 e. The van der Waals surface area contributed by atoms with E-state index in [1.165, 1.54) is 24.3 Å². The first-order valence-corrected chi connectivity index (χ1v) is 6.37. The maximum atomic E-state index is 13.3. The molecule has 0 saturated carbocycles. The molecule has 0 radical (unpaired) electrons. The molecule has 0 aliphatic rings. The molecule has 2 rings (SSSR count). The van der Waals surface area contributed by atoms with Gasteiger partial charge in [-0.05, 0) is 54.8 Å². The molecule has 3 heteroatoms. The molecule has 100 valence electrons. The number of benzene rings is 2. The van der Waals surface area contributed by atoms with Gasteiger partial charge in [-0.25, -0.2) is 8.78 Å². The molecule has 0 spiro atoms. The van der Waals surface area contributed by atoms with Crippen LogP contribution in [0.2, 0.25) is 0 Å². The number of aryl methyl sites for hydroxylation is 1. The maximum absolute atomic E-state index is 13.3. The van der Waals surface area contributed by atoms with Gasteiger partial charge in [0.25, 0.3) is 0 Å². The Morgan fingerprint density at radius 3 is 2.26 bits per heavy atom. The fourth-order valence-electron chi connectivity index (χ4n) is 2.14. The predicted molar refractivity (Wildman–Crippen MR) is 74.2 cm³/mol. The Bertz CT molecular complexity index is 529. The molecule has 0 bridgehead atoms. The number of hydrogen-bond acceptors (Lipinski definition) is 1. The second-order valence-electron chi connectivity index (χ2n) is 4.67. The van der Waals surface area contributed by atoms with Crippen LogP contribution in [0, 0.1) is 18.6 Å². The number of nitrogens with one attached hydrogen (secondary N) is 1. The van der Waals surface area contributed by atoms with Crippen molar-refractivity contribution in [1.29, 1.82) is 0 Å². The third-order valence-corrected chi connectivity index (χ3v) is 3.06. The quantitative estimate of drug-likeness (QED) is 0.830. The van der Waals surface area contributed by atoms with E-state index in [0.717, 1.165) is 23.2 Å². The average Bonchev–Trinajstić information content (AvgIpc) is 2.36. The van der Waals surface area contributed by atoms with Gasteiger partial charge >= 0.3 is 0 Å². The lowest BCUT2D eigenvalue weighted by Crippen LogP contribution is -2.10. The van der Waals surface area contributed by atoms with Gasteiger partial charge in [0.1, 0.15) is 11.6 Å². The Morgan fingerprint density at radius 2 is 1.68 bits per heavy atom. The van der Waals surface area contributed by atoms with Crippen molar-refractivity contribution in [3.8, 4) is 0 Å². The molecule has 2 aromatic carbocycles. The molecule has 0 aromatic heterocycles. The van der Waals surface area contributed by atoms with Crippen LogP contribution < -0.4 is 5.32 Å². The van der Waals surface area contributed by atoms with Gasteiger partial charge in [0.15, 0.2) is 0 Å². The van der Waals surface area contributed by atoms with Crippen LogP contribution in [0.4, 0.5) is 14.5 Å². The van der Waals surface area contributed by atoms with Gasteiger partial charge in [-0.15, -0.1) is 0 Å². The highest BCUT2D eigenvalue weighted by Crippen LogP contribution is 2.24. The van der Waals surface area contributed by atoms with E-state index >= 15 is 0 Å². The van der Waals surface area contributed by atoms with Crippen molar-refractivity contribution in [2.45, 2.75) is 26.3 Å². The van der Waals surface area contributed by atoms with Crippen LogP contribution in [-0.4, -0.2) is 0 Å². The van der Waals surface area contributed by atoms with Crippen molar-refractivity contribution in [2.24, 2.45) is 0 Å². The van der Waals surface area contributed by atoms with Crippen LogP contribution in [0.3, 0.4) is 0 Å². The zero-order valence-corrected chi connectivity index (χ0v) is 11.1. The summed E-state index contributed by atoms with van der Waals surface area (Å²) in [5, 5.41) is 3.28. The lowest BCUT2D eigenvalue weighted by molar-refractivity contribution is 0.624. The second-order valence-corrected chi connectivity index (χ2v) is 4.67. The van der Waals surface area contributed by atoms with E-state index in [0.29, 0.717) is 0 Å². The number of anilines is 1. The van der Waals surface area contributed by atoms with Gasteiger partial charge in [-0.1, -0.05) is 19.1 Å². The van der Waals surface area contributed by atoms with Crippen LogP contribution in [-0.2, 0) is 0 Å². The average molecular weight is 261 g/mol. The molecule has 1 nitrogen and oxygen atoms in total. The first kappa shape index (κ1) is 13.5. The Morgan fingerprint density at radius 1 is 1.00 bits per heavy atom. The van der Waals surface area contributed by atoms with Crippen molar-refractivity contribution in [3.63, 3.8) is 0 Å². The number of rotatable bonds is 4. The maximum Gasteiger partial charge on any atom is 0.125 e. The van der Waals surface area contributed by atoms with E-state index in [2.05, 4.69) is 5.32 Å². The predicted octanol–water partition coefficient (Wildman–Crippen LogP) is 4.84. The molecule has 0 amide bonds. The highest BCUT2D eigenvalue weighted by atomic mass is 19.1. The standard InChI is InChI=1S/C16H17F2N/c1-3-16(12-4-6-13(17)7-5-12)19-15-9-11(2)8-14(18)10-15/h4-10,16,19H,3H2,1-2H3. The summed E-state index contributed by atoms with van der Waals surface area (Å²) >= 11 is 0. The SMILES string of the molecule is CCC(Nc1cc(C)cc(F)c1)c1ccc(F)cc1. The molecule has 1 unspecified atom stereocenters. The minimum atomic E-state index is -0.253. The zero-order chi connectivity index (χ0) is 13.8. The summed E-state index contributed by atoms with van der Waals surface area (Å²) in [7, 11) is 0. The van der Waals surface area contributed by atoms with E-state index in [1.807, 2.05) is 19.9 Å². The first-order chi connectivity index (χ1) is 9.08. The van der Waals surface area contributed by atoms with Crippen LogP contribution in [0.5, 0.6) is 0 Å². The fraction of sp³-hybridized carbons (Fsp3) is 0.250. The fourth-order valence-corrected chi connectivity index (χ4v) is 2.14. The summed E-state index contributed by atoms with van der Waals surface area (Å²) in [6.07, 6.45) is 0.835. The van der Waals surface area contributed by atoms with Crippen molar-refractivity contribution in [2.75, 3.05) is 5.32 Å². The summed E-state index contributed by atoms with van der Waals surface area (Å²) < 4.78 is 26.3. The molecule has 0 aliphatic heterocycles. The van der Waals surface area contributed by atoms with Crippen molar-refractivity contribution in [1.82, 2.24) is 0 Å². The molecular formula is C16H17F2N. The van der Waals surface area contributed by atoms with Gasteiger partial charge in [-0.3, -0.25) is 0 Å². The summed E-state index contributed by atoms with van der Waals surface area (Å²) in [6, 6.07) is 11.3. The molecule has 0 saturated heterocycles. The Labute approximate surface area is 112 Å². The monoisotopic (exact) mass is 261 g/mol. The molecule has 19 heavy (non-hydrogen) atoms. The van der Waals surface area contributed by atoms with E-state index in [9.17, 15) is 8.78 Å². The number of halogens is 2. The van der Waals surface area contributed by atoms with E-state index < -0.39 is 0 Å². The van der Waals surface area contributed by atoms with E-state index in [1.54, 1.807) is 12.1 Å². The molecule has 1 atom stereocenters. The molecule has 1 N–H and O–H groups in total.